The van der Waals surface area contributed by atoms with Crippen LogP contribution >= 0.6 is 0 Å². The van der Waals surface area contributed by atoms with Crippen LogP contribution in [0.1, 0.15) is 30.5 Å². The highest BCUT2D eigenvalue weighted by molar-refractivity contribution is 5.64. The van der Waals surface area contributed by atoms with E-state index in [1.54, 1.807) is 0 Å². The molecule has 1 aromatic heterocycles. The fourth-order valence-corrected chi connectivity index (χ4v) is 2.42. The second-order valence-electron chi connectivity index (χ2n) is 5.59. The molecule has 3 heteroatoms. The molecule has 0 amide bonds. The number of rotatable bonds is 4. The standard InChI is InChI=1S/C17H20N2O/c1-12(2)19-8-13-5-16(9-18-7-13)14-3-4-15-10-20-11-17(15)6-14/h3-7,9,12,19H,8,10-11H2,1-2H3. The number of aromatic nitrogens is 1. The van der Waals surface area contributed by atoms with E-state index in [2.05, 4.69) is 48.4 Å². The quantitative estimate of drug-likeness (QED) is 0.924. The van der Waals surface area contributed by atoms with Gasteiger partial charge in [-0.3, -0.25) is 4.98 Å². The maximum atomic E-state index is 5.47. The van der Waals surface area contributed by atoms with Gasteiger partial charge in [-0.1, -0.05) is 26.0 Å². The van der Waals surface area contributed by atoms with Crippen molar-refractivity contribution in [3.63, 3.8) is 0 Å². The third-order valence-corrected chi connectivity index (χ3v) is 3.56. The summed E-state index contributed by atoms with van der Waals surface area (Å²) in [6.07, 6.45) is 3.85. The van der Waals surface area contributed by atoms with E-state index in [1.807, 2.05) is 12.4 Å². The highest BCUT2D eigenvalue weighted by Gasteiger charge is 2.12. The lowest BCUT2D eigenvalue weighted by atomic mass is 10.0. The van der Waals surface area contributed by atoms with E-state index in [9.17, 15) is 0 Å². The van der Waals surface area contributed by atoms with Gasteiger partial charge in [0.25, 0.3) is 0 Å². The molecule has 1 aromatic carbocycles. The summed E-state index contributed by atoms with van der Waals surface area (Å²) in [4.78, 5) is 4.36. The molecule has 0 aliphatic carbocycles. The molecule has 0 spiro atoms. The molecular weight excluding hydrogens is 248 g/mol. The Balaban J connectivity index is 1.84. The van der Waals surface area contributed by atoms with Gasteiger partial charge in [0.2, 0.25) is 0 Å². The molecule has 0 fully saturated rings. The SMILES string of the molecule is CC(C)NCc1cncc(-c2ccc3c(c2)COC3)c1. The predicted octanol–water partition coefficient (Wildman–Crippen LogP) is 3.28. The van der Waals surface area contributed by atoms with Crippen molar-refractivity contribution in [3.05, 3.63) is 53.3 Å². The van der Waals surface area contributed by atoms with Gasteiger partial charge in [0.1, 0.15) is 0 Å². The van der Waals surface area contributed by atoms with E-state index in [1.165, 1.54) is 27.8 Å². The first-order valence-corrected chi connectivity index (χ1v) is 7.09. The van der Waals surface area contributed by atoms with E-state index < -0.39 is 0 Å². The number of benzene rings is 1. The van der Waals surface area contributed by atoms with Crippen molar-refractivity contribution < 1.29 is 4.74 Å². The van der Waals surface area contributed by atoms with Gasteiger partial charge >= 0.3 is 0 Å². The van der Waals surface area contributed by atoms with E-state index in [4.69, 9.17) is 4.74 Å². The molecule has 1 aliphatic heterocycles. The highest BCUT2D eigenvalue weighted by Crippen LogP contribution is 2.26. The van der Waals surface area contributed by atoms with Crippen molar-refractivity contribution in [2.75, 3.05) is 0 Å². The molecule has 2 heterocycles. The van der Waals surface area contributed by atoms with Crippen LogP contribution in [0.2, 0.25) is 0 Å². The lowest BCUT2D eigenvalue weighted by molar-refractivity contribution is 0.134. The minimum Gasteiger partial charge on any atom is -0.372 e. The molecule has 20 heavy (non-hydrogen) atoms. The minimum absolute atomic E-state index is 0.482. The fourth-order valence-electron chi connectivity index (χ4n) is 2.42. The summed E-state index contributed by atoms with van der Waals surface area (Å²) in [5.41, 5.74) is 6.20. The van der Waals surface area contributed by atoms with Gasteiger partial charge in [-0.2, -0.15) is 0 Å². The van der Waals surface area contributed by atoms with Gasteiger partial charge in [0, 0.05) is 30.5 Å². The van der Waals surface area contributed by atoms with Crippen LogP contribution < -0.4 is 5.32 Å². The van der Waals surface area contributed by atoms with Gasteiger partial charge < -0.3 is 10.1 Å². The van der Waals surface area contributed by atoms with Crippen LogP contribution in [-0.4, -0.2) is 11.0 Å². The Bertz CT molecular complexity index is 608. The van der Waals surface area contributed by atoms with E-state index >= 15 is 0 Å². The monoisotopic (exact) mass is 268 g/mol. The maximum Gasteiger partial charge on any atom is 0.0725 e. The number of nitrogens with zero attached hydrogens (tertiary/aromatic N) is 1. The van der Waals surface area contributed by atoms with Crippen LogP contribution in [0.25, 0.3) is 11.1 Å². The normalized spacial score (nSPS) is 13.8. The van der Waals surface area contributed by atoms with Crippen molar-refractivity contribution in [3.8, 4) is 11.1 Å². The lowest BCUT2D eigenvalue weighted by Crippen LogP contribution is -2.21. The van der Waals surface area contributed by atoms with Crippen LogP contribution in [0.4, 0.5) is 0 Å². The Morgan fingerprint density at radius 1 is 1.10 bits per heavy atom. The summed E-state index contributed by atoms with van der Waals surface area (Å²) in [5.74, 6) is 0. The largest absolute Gasteiger partial charge is 0.372 e. The van der Waals surface area contributed by atoms with Crippen LogP contribution in [0.15, 0.2) is 36.7 Å². The lowest BCUT2D eigenvalue weighted by Gasteiger charge is -2.09. The Kier molecular flexibility index (Phi) is 3.81. The molecule has 1 N–H and O–H groups in total. The Labute approximate surface area is 120 Å². The number of hydrogen-bond acceptors (Lipinski definition) is 3. The molecule has 0 unspecified atom stereocenters. The molecule has 0 radical (unpaired) electrons. The van der Waals surface area contributed by atoms with E-state index in [-0.39, 0.29) is 0 Å². The molecule has 2 aromatic rings. The second-order valence-corrected chi connectivity index (χ2v) is 5.59. The topological polar surface area (TPSA) is 34.2 Å². The number of fused-ring (bicyclic) bond motifs is 1. The average Bonchev–Trinajstić information content (AvgIpc) is 2.93. The Morgan fingerprint density at radius 2 is 1.95 bits per heavy atom. The minimum atomic E-state index is 0.482. The summed E-state index contributed by atoms with van der Waals surface area (Å²) in [6.45, 7) is 6.62. The molecule has 0 saturated heterocycles. The van der Waals surface area contributed by atoms with Crippen molar-refractivity contribution >= 4 is 0 Å². The van der Waals surface area contributed by atoms with Crippen molar-refractivity contribution in [2.45, 2.75) is 39.6 Å². The summed E-state index contributed by atoms with van der Waals surface area (Å²) < 4.78 is 5.47. The summed E-state index contributed by atoms with van der Waals surface area (Å²) in [6, 6.07) is 9.23. The van der Waals surface area contributed by atoms with Crippen LogP contribution in [0.3, 0.4) is 0 Å². The molecule has 0 bridgehead atoms. The molecule has 1 aliphatic rings. The molecule has 3 rings (SSSR count). The smallest absolute Gasteiger partial charge is 0.0725 e. The molecular formula is C17H20N2O. The molecule has 104 valence electrons. The second kappa shape index (κ2) is 5.73. The summed E-state index contributed by atoms with van der Waals surface area (Å²) in [5, 5.41) is 3.42. The van der Waals surface area contributed by atoms with Crippen molar-refractivity contribution in [2.24, 2.45) is 0 Å². The maximum absolute atomic E-state index is 5.47. The number of pyridine rings is 1. The fraction of sp³-hybridized carbons (Fsp3) is 0.353. The molecule has 0 atom stereocenters. The highest BCUT2D eigenvalue weighted by atomic mass is 16.5. The van der Waals surface area contributed by atoms with Gasteiger partial charge in [-0.15, -0.1) is 0 Å². The van der Waals surface area contributed by atoms with Crippen LogP contribution in [-0.2, 0) is 24.5 Å². The average molecular weight is 268 g/mol. The Morgan fingerprint density at radius 3 is 2.80 bits per heavy atom. The first-order valence-electron chi connectivity index (χ1n) is 7.09. The first-order chi connectivity index (χ1) is 9.72. The number of ether oxygens (including phenoxy) is 1. The predicted molar refractivity (Wildman–Crippen MR) is 80.1 cm³/mol. The first kappa shape index (κ1) is 13.3. The van der Waals surface area contributed by atoms with Gasteiger partial charge in [0.05, 0.1) is 13.2 Å². The van der Waals surface area contributed by atoms with Gasteiger partial charge in [-0.25, -0.2) is 0 Å². The van der Waals surface area contributed by atoms with E-state index in [0.29, 0.717) is 6.04 Å². The summed E-state index contributed by atoms with van der Waals surface area (Å²) in [7, 11) is 0. The zero-order valence-electron chi connectivity index (χ0n) is 12.0. The number of hydrogen-bond donors (Lipinski definition) is 1. The van der Waals surface area contributed by atoms with Gasteiger partial charge in [-0.05, 0) is 34.4 Å². The Hall–Kier alpha value is -1.71. The third-order valence-electron chi connectivity index (χ3n) is 3.56. The van der Waals surface area contributed by atoms with Crippen molar-refractivity contribution in [1.82, 2.24) is 10.3 Å². The zero-order valence-corrected chi connectivity index (χ0v) is 12.0. The molecule has 3 nitrogen and oxygen atoms in total. The number of nitrogens with one attached hydrogen (secondary N) is 1. The van der Waals surface area contributed by atoms with Crippen molar-refractivity contribution in [1.29, 1.82) is 0 Å². The van der Waals surface area contributed by atoms with E-state index in [0.717, 1.165) is 19.8 Å². The molecule has 0 saturated carbocycles. The summed E-state index contributed by atoms with van der Waals surface area (Å²) >= 11 is 0. The zero-order chi connectivity index (χ0) is 13.9. The van der Waals surface area contributed by atoms with Crippen LogP contribution in [0.5, 0.6) is 0 Å². The third kappa shape index (κ3) is 2.89. The van der Waals surface area contributed by atoms with Gasteiger partial charge in [0.15, 0.2) is 0 Å². The van der Waals surface area contributed by atoms with Crippen LogP contribution in [0, 0.1) is 0 Å².